The summed E-state index contributed by atoms with van der Waals surface area (Å²) in [5.41, 5.74) is 3.73. The van der Waals surface area contributed by atoms with E-state index in [9.17, 15) is 4.79 Å². The van der Waals surface area contributed by atoms with Gasteiger partial charge in [-0.2, -0.15) is 0 Å². The molecule has 2 aromatic rings. The predicted octanol–water partition coefficient (Wildman–Crippen LogP) is 4.26. The molecule has 0 aliphatic rings. The molecule has 0 unspecified atom stereocenters. The van der Waals surface area contributed by atoms with E-state index in [2.05, 4.69) is 4.98 Å². The number of aromatic nitrogens is 1. The topological polar surface area (TPSA) is 52.3 Å². The first-order chi connectivity index (χ1) is 9.95. The fraction of sp³-hybridized carbons (Fsp3) is 0.412. The van der Waals surface area contributed by atoms with Crippen LogP contribution in [0.4, 0.5) is 0 Å². The Morgan fingerprint density at radius 1 is 1.29 bits per heavy atom. The number of ether oxygens (including phenoxy) is 1. The highest BCUT2D eigenvalue weighted by molar-refractivity contribution is 5.88. The molecule has 0 amide bonds. The minimum absolute atomic E-state index is 0.0891. The van der Waals surface area contributed by atoms with Gasteiger partial charge in [0.1, 0.15) is 0 Å². The summed E-state index contributed by atoms with van der Waals surface area (Å²) in [5.74, 6) is 0.333. The number of hydrogen-bond donors (Lipinski definition) is 0. The maximum absolute atomic E-state index is 12.0. The molecule has 1 heterocycles. The van der Waals surface area contributed by atoms with Crippen molar-refractivity contribution in [2.75, 3.05) is 6.61 Å². The summed E-state index contributed by atoms with van der Waals surface area (Å²) in [7, 11) is 0. The fourth-order valence-electron chi connectivity index (χ4n) is 2.32. The van der Waals surface area contributed by atoms with Gasteiger partial charge in [0.2, 0.25) is 11.7 Å². The standard InChI is InChI=1S/C17H21NO3/c1-6-20-17(19)15-14(10(2)3)18-16(21-15)13-11(4)8-7-9-12(13)5/h7-10H,6H2,1-5H3. The third-order valence-corrected chi connectivity index (χ3v) is 3.36. The second-order valence-electron chi connectivity index (χ2n) is 5.38. The van der Waals surface area contributed by atoms with Gasteiger partial charge in [-0.1, -0.05) is 32.0 Å². The van der Waals surface area contributed by atoms with Gasteiger partial charge in [-0.15, -0.1) is 0 Å². The molecule has 0 saturated heterocycles. The Morgan fingerprint density at radius 2 is 1.90 bits per heavy atom. The van der Waals surface area contributed by atoms with Crippen molar-refractivity contribution in [2.45, 2.75) is 40.5 Å². The van der Waals surface area contributed by atoms with Crippen LogP contribution in [0.1, 0.15) is 54.1 Å². The molecular weight excluding hydrogens is 266 g/mol. The van der Waals surface area contributed by atoms with Gasteiger partial charge in [0.05, 0.1) is 12.3 Å². The Hall–Kier alpha value is -2.10. The summed E-state index contributed by atoms with van der Waals surface area (Å²) in [5, 5.41) is 0. The van der Waals surface area contributed by atoms with Crippen LogP contribution >= 0.6 is 0 Å². The zero-order chi connectivity index (χ0) is 15.6. The van der Waals surface area contributed by atoms with Crippen molar-refractivity contribution in [1.29, 1.82) is 0 Å². The molecule has 2 rings (SSSR count). The third-order valence-electron chi connectivity index (χ3n) is 3.36. The number of nitrogens with zero attached hydrogens (tertiary/aromatic N) is 1. The van der Waals surface area contributed by atoms with Gasteiger partial charge in [0, 0.05) is 5.56 Å². The Labute approximate surface area is 125 Å². The van der Waals surface area contributed by atoms with Crippen molar-refractivity contribution in [3.63, 3.8) is 0 Å². The van der Waals surface area contributed by atoms with E-state index < -0.39 is 5.97 Å². The van der Waals surface area contributed by atoms with Crippen LogP contribution in [0.15, 0.2) is 22.6 Å². The molecule has 0 saturated carbocycles. The van der Waals surface area contributed by atoms with Crippen molar-refractivity contribution in [3.05, 3.63) is 40.8 Å². The lowest BCUT2D eigenvalue weighted by molar-refractivity contribution is 0.0488. The maximum Gasteiger partial charge on any atom is 0.376 e. The highest BCUT2D eigenvalue weighted by atomic mass is 16.5. The van der Waals surface area contributed by atoms with Crippen LogP contribution in [-0.2, 0) is 4.74 Å². The predicted molar refractivity (Wildman–Crippen MR) is 81.5 cm³/mol. The summed E-state index contributed by atoms with van der Waals surface area (Å²) in [6, 6.07) is 6.00. The lowest BCUT2D eigenvalue weighted by atomic mass is 10.0. The number of oxazole rings is 1. The summed E-state index contributed by atoms with van der Waals surface area (Å²) in [6.07, 6.45) is 0. The number of carbonyl (C=O) groups excluding carboxylic acids is 1. The normalized spacial score (nSPS) is 11.0. The smallest absolute Gasteiger partial charge is 0.376 e. The van der Waals surface area contributed by atoms with Gasteiger partial charge in [0.25, 0.3) is 0 Å². The second-order valence-corrected chi connectivity index (χ2v) is 5.38. The molecule has 0 atom stereocenters. The Kier molecular flexibility index (Phi) is 4.46. The van der Waals surface area contributed by atoms with Gasteiger partial charge in [-0.3, -0.25) is 0 Å². The van der Waals surface area contributed by atoms with Gasteiger partial charge < -0.3 is 9.15 Å². The number of rotatable bonds is 4. The third kappa shape index (κ3) is 2.99. The van der Waals surface area contributed by atoms with Crippen molar-refractivity contribution >= 4 is 5.97 Å². The Morgan fingerprint density at radius 3 is 2.43 bits per heavy atom. The molecule has 0 N–H and O–H groups in total. The zero-order valence-corrected chi connectivity index (χ0v) is 13.2. The average molecular weight is 287 g/mol. The lowest BCUT2D eigenvalue weighted by Gasteiger charge is -2.04. The summed E-state index contributed by atoms with van der Waals surface area (Å²) in [6.45, 7) is 10.1. The minimum Gasteiger partial charge on any atom is -0.460 e. The number of hydrogen-bond acceptors (Lipinski definition) is 4. The summed E-state index contributed by atoms with van der Waals surface area (Å²) in [4.78, 5) is 16.6. The van der Waals surface area contributed by atoms with Crippen molar-refractivity contribution in [2.24, 2.45) is 0 Å². The number of benzene rings is 1. The van der Waals surface area contributed by atoms with Crippen LogP contribution in [0.5, 0.6) is 0 Å². The van der Waals surface area contributed by atoms with E-state index in [4.69, 9.17) is 9.15 Å². The lowest BCUT2D eigenvalue weighted by Crippen LogP contribution is -2.07. The quantitative estimate of drug-likeness (QED) is 0.788. The Bertz CT molecular complexity index is 636. The number of esters is 1. The van der Waals surface area contributed by atoms with Crippen LogP contribution in [0.3, 0.4) is 0 Å². The maximum atomic E-state index is 12.0. The largest absolute Gasteiger partial charge is 0.460 e. The zero-order valence-electron chi connectivity index (χ0n) is 13.2. The van der Waals surface area contributed by atoms with Crippen LogP contribution in [0.2, 0.25) is 0 Å². The molecule has 21 heavy (non-hydrogen) atoms. The molecule has 1 aromatic carbocycles. The van der Waals surface area contributed by atoms with E-state index in [1.54, 1.807) is 6.92 Å². The molecule has 0 spiro atoms. The highest BCUT2D eigenvalue weighted by Gasteiger charge is 2.25. The molecule has 0 aliphatic heterocycles. The van der Waals surface area contributed by atoms with Gasteiger partial charge in [0.15, 0.2) is 0 Å². The molecule has 4 heteroatoms. The number of carbonyl (C=O) groups is 1. The van der Waals surface area contributed by atoms with E-state index in [0.717, 1.165) is 16.7 Å². The Balaban J connectivity index is 2.57. The first-order valence-corrected chi connectivity index (χ1v) is 7.20. The van der Waals surface area contributed by atoms with Gasteiger partial charge >= 0.3 is 5.97 Å². The number of aryl methyl sites for hydroxylation is 2. The first kappa shape index (κ1) is 15.3. The molecule has 0 fully saturated rings. The SMILES string of the molecule is CCOC(=O)c1oc(-c2c(C)cccc2C)nc1C(C)C. The average Bonchev–Trinajstić information content (AvgIpc) is 2.84. The molecule has 0 aliphatic carbocycles. The van der Waals surface area contributed by atoms with Crippen LogP contribution in [0.25, 0.3) is 11.5 Å². The second kappa shape index (κ2) is 6.12. The molecule has 4 nitrogen and oxygen atoms in total. The molecule has 1 aromatic heterocycles. The summed E-state index contributed by atoms with van der Waals surface area (Å²) >= 11 is 0. The highest BCUT2D eigenvalue weighted by Crippen LogP contribution is 2.31. The van der Waals surface area contributed by atoms with E-state index in [1.807, 2.05) is 45.9 Å². The van der Waals surface area contributed by atoms with Crippen LogP contribution in [-0.4, -0.2) is 17.6 Å². The molecule has 0 bridgehead atoms. The van der Waals surface area contributed by atoms with Crippen LogP contribution < -0.4 is 0 Å². The fourth-order valence-corrected chi connectivity index (χ4v) is 2.32. The van der Waals surface area contributed by atoms with Gasteiger partial charge in [-0.25, -0.2) is 9.78 Å². The van der Waals surface area contributed by atoms with Crippen molar-refractivity contribution < 1.29 is 13.9 Å². The molecule has 0 radical (unpaired) electrons. The van der Waals surface area contributed by atoms with Gasteiger partial charge in [-0.05, 0) is 37.8 Å². The molecule has 112 valence electrons. The first-order valence-electron chi connectivity index (χ1n) is 7.20. The summed E-state index contributed by atoms with van der Waals surface area (Å²) < 4.78 is 10.8. The minimum atomic E-state index is -0.453. The van der Waals surface area contributed by atoms with E-state index in [-0.39, 0.29) is 11.7 Å². The van der Waals surface area contributed by atoms with Crippen molar-refractivity contribution in [3.8, 4) is 11.5 Å². The van der Waals surface area contributed by atoms with E-state index in [1.165, 1.54) is 0 Å². The van der Waals surface area contributed by atoms with Crippen LogP contribution in [0, 0.1) is 13.8 Å². The molecular formula is C17H21NO3. The van der Waals surface area contributed by atoms with E-state index in [0.29, 0.717) is 18.2 Å². The van der Waals surface area contributed by atoms with Crippen molar-refractivity contribution in [1.82, 2.24) is 4.98 Å². The van der Waals surface area contributed by atoms with E-state index >= 15 is 0 Å². The monoisotopic (exact) mass is 287 g/mol.